The number of aromatic nitrogens is 2. The number of hydrogen-bond donors (Lipinski definition) is 0. The van der Waals surface area contributed by atoms with Gasteiger partial charge in [0.2, 0.25) is 0 Å². The molecule has 2 rings (SSSR count). The summed E-state index contributed by atoms with van der Waals surface area (Å²) in [5.74, 6) is 0. The van der Waals surface area contributed by atoms with Gasteiger partial charge in [-0.3, -0.25) is 4.68 Å². The number of rotatable bonds is 6. The fourth-order valence-corrected chi connectivity index (χ4v) is 1.84. The quantitative estimate of drug-likeness (QED) is 0.763. The van der Waals surface area contributed by atoms with Gasteiger partial charge < -0.3 is 4.74 Å². The lowest BCUT2D eigenvalue weighted by atomic mass is 10.1. The van der Waals surface area contributed by atoms with Crippen molar-refractivity contribution in [3.8, 4) is 0 Å². The van der Waals surface area contributed by atoms with Gasteiger partial charge in [0, 0.05) is 19.9 Å². The molecule has 90 valence electrons. The fourth-order valence-electron chi connectivity index (χ4n) is 1.84. The maximum atomic E-state index is 5.04. The average Bonchev–Trinajstić information content (AvgIpc) is 2.79. The summed E-state index contributed by atoms with van der Waals surface area (Å²) in [5, 5.41) is 4.42. The lowest BCUT2D eigenvalue weighted by Gasteiger charge is -2.02. The van der Waals surface area contributed by atoms with Crippen LogP contribution in [0.5, 0.6) is 0 Å². The molecule has 0 atom stereocenters. The van der Waals surface area contributed by atoms with Crippen molar-refractivity contribution in [1.82, 2.24) is 9.78 Å². The summed E-state index contributed by atoms with van der Waals surface area (Å²) >= 11 is 0. The van der Waals surface area contributed by atoms with E-state index in [0.29, 0.717) is 6.61 Å². The Morgan fingerprint density at radius 3 is 2.76 bits per heavy atom. The number of methoxy groups -OCH3 is 1. The first-order valence-electron chi connectivity index (χ1n) is 5.93. The van der Waals surface area contributed by atoms with Gasteiger partial charge in [0.05, 0.1) is 12.3 Å². The zero-order valence-corrected chi connectivity index (χ0v) is 10.2. The van der Waals surface area contributed by atoms with Gasteiger partial charge >= 0.3 is 0 Å². The van der Waals surface area contributed by atoms with Crippen LogP contribution in [0.2, 0.25) is 0 Å². The summed E-state index contributed by atoms with van der Waals surface area (Å²) in [6.07, 6.45) is 4.22. The van der Waals surface area contributed by atoms with Crippen molar-refractivity contribution in [1.29, 1.82) is 0 Å². The summed E-state index contributed by atoms with van der Waals surface area (Å²) in [6, 6.07) is 12.6. The van der Waals surface area contributed by atoms with Gasteiger partial charge in [-0.1, -0.05) is 30.3 Å². The molecule has 2 aromatic rings. The van der Waals surface area contributed by atoms with Gasteiger partial charge in [0.1, 0.15) is 0 Å². The second-order valence-electron chi connectivity index (χ2n) is 4.09. The lowest BCUT2D eigenvalue weighted by molar-refractivity contribution is 0.180. The minimum Gasteiger partial charge on any atom is -0.378 e. The van der Waals surface area contributed by atoms with Crippen LogP contribution in [0.1, 0.15) is 17.7 Å². The second-order valence-corrected chi connectivity index (χ2v) is 4.09. The monoisotopic (exact) mass is 230 g/mol. The third-order valence-corrected chi connectivity index (χ3v) is 2.68. The maximum Gasteiger partial charge on any atom is 0.0902 e. The Kier molecular flexibility index (Phi) is 4.33. The van der Waals surface area contributed by atoms with E-state index < -0.39 is 0 Å². The first kappa shape index (κ1) is 11.9. The summed E-state index contributed by atoms with van der Waals surface area (Å²) in [5.41, 5.74) is 2.38. The molecule has 0 fully saturated rings. The third kappa shape index (κ3) is 3.71. The number of ether oxygens (including phenoxy) is 1. The van der Waals surface area contributed by atoms with Gasteiger partial charge in [0.25, 0.3) is 0 Å². The highest BCUT2D eigenvalue weighted by Gasteiger charge is 1.98. The molecule has 0 saturated carbocycles. The number of hydrogen-bond acceptors (Lipinski definition) is 2. The average molecular weight is 230 g/mol. The third-order valence-electron chi connectivity index (χ3n) is 2.68. The molecule has 0 N–H and O–H groups in total. The molecule has 3 heteroatoms. The SMILES string of the molecule is COCc1ccn(CCCc2ccccc2)n1. The van der Waals surface area contributed by atoms with Crippen molar-refractivity contribution < 1.29 is 4.74 Å². The maximum absolute atomic E-state index is 5.04. The highest BCUT2D eigenvalue weighted by molar-refractivity contribution is 5.14. The molecule has 0 bridgehead atoms. The molecule has 1 aromatic heterocycles. The standard InChI is InChI=1S/C14H18N2O/c1-17-12-14-9-11-16(15-14)10-5-8-13-6-3-2-4-7-13/h2-4,6-7,9,11H,5,8,10,12H2,1H3. The molecule has 0 spiro atoms. The first-order valence-corrected chi connectivity index (χ1v) is 5.93. The van der Waals surface area contributed by atoms with E-state index in [2.05, 4.69) is 29.4 Å². The molecule has 0 saturated heterocycles. The number of aryl methyl sites for hydroxylation is 2. The van der Waals surface area contributed by atoms with Gasteiger partial charge in [0.15, 0.2) is 0 Å². The number of benzene rings is 1. The molecule has 0 radical (unpaired) electrons. The first-order chi connectivity index (χ1) is 8.38. The van der Waals surface area contributed by atoms with Crippen LogP contribution >= 0.6 is 0 Å². The van der Waals surface area contributed by atoms with E-state index in [0.717, 1.165) is 25.1 Å². The van der Waals surface area contributed by atoms with Gasteiger partial charge in [-0.25, -0.2) is 0 Å². The Balaban J connectivity index is 1.78. The van der Waals surface area contributed by atoms with Crippen molar-refractivity contribution in [3.63, 3.8) is 0 Å². The van der Waals surface area contributed by atoms with E-state index in [1.165, 1.54) is 5.56 Å². The predicted molar refractivity (Wildman–Crippen MR) is 67.7 cm³/mol. The minimum atomic E-state index is 0.589. The van der Waals surface area contributed by atoms with E-state index in [9.17, 15) is 0 Å². The number of nitrogens with zero attached hydrogens (tertiary/aromatic N) is 2. The topological polar surface area (TPSA) is 27.1 Å². The summed E-state index contributed by atoms with van der Waals surface area (Å²) in [6.45, 7) is 1.55. The van der Waals surface area contributed by atoms with Crippen LogP contribution in [-0.2, 0) is 24.3 Å². The second kappa shape index (κ2) is 6.21. The molecule has 0 aliphatic carbocycles. The van der Waals surface area contributed by atoms with Crippen LogP contribution < -0.4 is 0 Å². The van der Waals surface area contributed by atoms with Crippen molar-refractivity contribution in [2.24, 2.45) is 0 Å². The van der Waals surface area contributed by atoms with E-state index in [1.807, 2.05) is 23.0 Å². The zero-order chi connectivity index (χ0) is 11.9. The van der Waals surface area contributed by atoms with Crippen LogP contribution in [-0.4, -0.2) is 16.9 Å². The van der Waals surface area contributed by atoms with E-state index >= 15 is 0 Å². The van der Waals surface area contributed by atoms with Crippen molar-refractivity contribution in [3.05, 3.63) is 53.9 Å². The molecule has 3 nitrogen and oxygen atoms in total. The summed E-state index contributed by atoms with van der Waals surface area (Å²) < 4.78 is 7.02. The van der Waals surface area contributed by atoms with E-state index in [-0.39, 0.29) is 0 Å². The van der Waals surface area contributed by atoms with Crippen molar-refractivity contribution in [2.75, 3.05) is 7.11 Å². The van der Waals surface area contributed by atoms with Gasteiger partial charge in [-0.05, 0) is 24.5 Å². The predicted octanol–water partition coefficient (Wildman–Crippen LogP) is 2.66. The minimum absolute atomic E-state index is 0.589. The van der Waals surface area contributed by atoms with Crippen molar-refractivity contribution >= 4 is 0 Å². The van der Waals surface area contributed by atoms with E-state index in [4.69, 9.17) is 4.74 Å². The normalized spacial score (nSPS) is 10.6. The Bertz CT molecular complexity index is 436. The van der Waals surface area contributed by atoms with Crippen LogP contribution in [0.4, 0.5) is 0 Å². The summed E-state index contributed by atoms with van der Waals surface area (Å²) in [4.78, 5) is 0. The summed E-state index contributed by atoms with van der Waals surface area (Å²) in [7, 11) is 1.69. The molecular formula is C14H18N2O. The molecule has 0 aliphatic heterocycles. The lowest BCUT2D eigenvalue weighted by Crippen LogP contribution is -2.01. The van der Waals surface area contributed by atoms with Crippen LogP contribution in [0.15, 0.2) is 42.6 Å². The Morgan fingerprint density at radius 1 is 1.18 bits per heavy atom. The van der Waals surface area contributed by atoms with Crippen molar-refractivity contribution in [2.45, 2.75) is 26.0 Å². The largest absolute Gasteiger partial charge is 0.378 e. The molecule has 1 aromatic carbocycles. The smallest absolute Gasteiger partial charge is 0.0902 e. The Hall–Kier alpha value is -1.61. The highest BCUT2D eigenvalue weighted by atomic mass is 16.5. The highest BCUT2D eigenvalue weighted by Crippen LogP contribution is 2.04. The zero-order valence-electron chi connectivity index (χ0n) is 10.2. The molecule has 0 amide bonds. The van der Waals surface area contributed by atoms with E-state index in [1.54, 1.807) is 7.11 Å². The molecule has 17 heavy (non-hydrogen) atoms. The molecule has 0 aliphatic rings. The van der Waals surface area contributed by atoms with Crippen LogP contribution in [0, 0.1) is 0 Å². The van der Waals surface area contributed by atoms with Crippen LogP contribution in [0.3, 0.4) is 0 Å². The van der Waals surface area contributed by atoms with Crippen LogP contribution in [0.25, 0.3) is 0 Å². The molecular weight excluding hydrogens is 212 g/mol. The Labute approximate surface area is 102 Å². The molecule has 0 unspecified atom stereocenters. The Morgan fingerprint density at radius 2 is 2.00 bits per heavy atom. The van der Waals surface area contributed by atoms with Gasteiger partial charge in [-0.15, -0.1) is 0 Å². The molecule has 1 heterocycles. The fraction of sp³-hybridized carbons (Fsp3) is 0.357. The van der Waals surface area contributed by atoms with Gasteiger partial charge in [-0.2, -0.15) is 5.10 Å².